The van der Waals surface area contributed by atoms with E-state index in [4.69, 9.17) is 9.15 Å². The maximum atomic E-state index is 14.8. The fraction of sp³-hybridized carbons (Fsp3) is 0.258. The Balaban J connectivity index is 1.51. The summed E-state index contributed by atoms with van der Waals surface area (Å²) in [7, 11) is 0. The van der Waals surface area contributed by atoms with E-state index in [1.807, 2.05) is 13.0 Å². The number of aryl methyl sites for hydroxylation is 1. The molecule has 0 saturated carbocycles. The van der Waals surface area contributed by atoms with Crippen LogP contribution in [0.4, 0.5) is 10.1 Å². The molecule has 196 valence electrons. The molecule has 1 spiro atoms. The molecule has 4 aromatic rings. The van der Waals surface area contributed by atoms with Gasteiger partial charge in [0.2, 0.25) is 5.76 Å². The minimum Gasteiger partial charge on any atom is -0.450 e. The van der Waals surface area contributed by atoms with E-state index >= 15 is 0 Å². The first-order chi connectivity index (χ1) is 18.9. The largest absolute Gasteiger partial charge is 0.450 e. The van der Waals surface area contributed by atoms with Crippen LogP contribution >= 0.6 is 0 Å². The summed E-state index contributed by atoms with van der Waals surface area (Å²) in [6, 6.07) is 18.6. The average Bonchev–Trinajstić information content (AvgIpc) is 3.60. The molecule has 7 rings (SSSR count). The van der Waals surface area contributed by atoms with Crippen LogP contribution < -0.4 is 10.3 Å². The van der Waals surface area contributed by atoms with Gasteiger partial charge in [-0.3, -0.25) is 14.4 Å². The Morgan fingerprint density at radius 2 is 1.82 bits per heavy atom. The van der Waals surface area contributed by atoms with Crippen molar-refractivity contribution in [2.24, 2.45) is 0 Å². The van der Waals surface area contributed by atoms with E-state index in [-0.39, 0.29) is 36.1 Å². The van der Waals surface area contributed by atoms with E-state index in [0.717, 1.165) is 18.4 Å². The molecular formula is C31H25FN2O5. The highest BCUT2D eigenvalue weighted by molar-refractivity contribution is 6.17. The topological polar surface area (TPSA) is 80.1 Å². The summed E-state index contributed by atoms with van der Waals surface area (Å²) in [5, 5.41) is 0.303. The maximum Gasteiger partial charge on any atom is 0.291 e. The molecule has 2 atom stereocenters. The first-order valence-electron chi connectivity index (χ1n) is 13.1. The number of hydrogen-bond acceptors (Lipinski definition) is 5. The third-order valence-electron chi connectivity index (χ3n) is 8.09. The standard InChI is InChI=1S/C31H25FN2O5/c1-18-12-13-25-21(15-18)27(35)26-28(39-25)29(36)34(17-20-8-6-14-38-20)31(26)22-9-3-5-11-24(22)33(30(31)37)16-19-7-2-4-10-23(19)32/h2-5,7,9-13,15,20H,6,8,14,16-17H2,1H3/t20-,31-/m0/s1. The summed E-state index contributed by atoms with van der Waals surface area (Å²) in [6.45, 7) is 2.49. The van der Waals surface area contributed by atoms with Crippen molar-refractivity contribution in [1.29, 1.82) is 0 Å². The lowest BCUT2D eigenvalue weighted by atomic mass is 9.83. The smallest absolute Gasteiger partial charge is 0.291 e. The van der Waals surface area contributed by atoms with Gasteiger partial charge in [-0.25, -0.2) is 4.39 Å². The molecule has 0 radical (unpaired) electrons. The van der Waals surface area contributed by atoms with Gasteiger partial charge in [0, 0.05) is 24.3 Å². The Kier molecular flexibility index (Phi) is 5.25. The molecule has 0 bridgehead atoms. The Hall–Kier alpha value is -4.30. The fourth-order valence-corrected chi connectivity index (χ4v) is 6.30. The summed E-state index contributed by atoms with van der Waals surface area (Å²) in [5.41, 5.74) is 0.319. The third kappa shape index (κ3) is 3.27. The van der Waals surface area contributed by atoms with Crippen molar-refractivity contribution in [2.75, 3.05) is 18.1 Å². The highest BCUT2D eigenvalue weighted by Gasteiger charge is 2.65. The first-order valence-corrected chi connectivity index (χ1v) is 13.1. The van der Waals surface area contributed by atoms with E-state index < -0.39 is 28.6 Å². The molecule has 0 unspecified atom stereocenters. The Bertz CT molecular complexity index is 1740. The highest BCUT2D eigenvalue weighted by Crippen LogP contribution is 2.53. The van der Waals surface area contributed by atoms with Crippen molar-refractivity contribution in [2.45, 2.75) is 38.0 Å². The van der Waals surface area contributed by atoms with Crippen molar-refractivity contribution < 1.29 is 23.1 Å². The molecule has 1 fully saturated rings. The number of benzene rings is 3. The van der Waals surface area contributed by atoms with Crippen molar-refractivity contribution in [1.82, 2.24) is 4.90 Å². The van der Waals surface area contributed by atoms with E-state index in [1.165, 1.54) is 15.9 Å². The number of ether oxygens (including phenoxy) is 1. The van der Waals surface area contributed by atoms with E-state index in [1.54, 1.807) is 54.6 Å². The number of rotatable bonds is 4. The Morgan fingerprint density at radius 3 is 2.62 bits per heavy atom. The second kappa shape index (κ2) is 8.61. The number of para-hydroxylation sites is 1. The fourth-order valence-electron chi connectivity index (χ4n) is 6.30. The van der Waals surface area contributed by atoms with E-state index in [2.05, 4.69) is 0 Å². The van der Waals surface area contributed by atoms with Crippen LogP contribution in [0.5, 0.6) is 0 Å². The van der Waals surface area contributed by atoms with Crippen LogP contribution in [0.15, 0.2) is 75.9 Å². The lowest BCUT2D eigenvalue weighted by Gasteiger charge is -2.35. The van der Waals surface area contributed by atoms with Gasteiger partial charge in [0.15, 0.2) is 11.0 Å². The Labute approximate surface area is 223 Å². The molecule has 0 N–H and O–H groups in total. The minimum absolute atomic E-state index is 0.0112. The van der Waals surface area contributed by atoms with Gasteiger partial charge in [-0.2, -0.15) is 0 Å². The summed E-state index contributed by atoms with van der Waals surface area (Å²) < 4.78 is 26.7. The van der Waals surface area contributed by atoms with Crippen LogP contribution in [0.3, 0.4) is 0 Å². The van der Waals surface area contributed by atoms with Crippen LogP contribution in [0, 0.1) is 12.7 Å². The quantitative estimate of drug-likeness (QED) is 0.388. The number of hydrogen-bond donors (Lipinski definition) is 0. The van der Waals surface area contributed by atoms with Crippen molar-refractivity contribution >= 4 is 28.5 Å². The molecule has 8 heteroatoms. The second-order valence-corrected chi connectivity index (χ2v) is 10.4. The molecule has 1 saturated heterocycles. The number of carbonyl (C=O) groups is 2. The SMILES string of the molecule is Cc1ccc2oc3c(c(=O)c2c1)[C@@]1(C(=O)N(Cc2ccccc2F)c2ccccc21)N(C[C@@H]1CCCO1)C3=O. The number of carbonyl (C=O) groups excluding carboxylic acids is 2. The molecule has 0 aliphatic carbocycles. The summed E-state index contributed by atoms with van der Waals surface area (Å²) >= 11 is 0. The molecule has 7 nitrogen and oxygen atoms in total. The predicted molar refractivity (Wildman–Crippen MR) is 142 cm³/mol. The number of amides is 2. The molecule has 3 aliphatic rings. The van der Waals surface area contributed by atoms with Gasteiger partial charge in [-0.05, 0) is 44.0 Å². The molecule has 1 aromatic heterocycles. The zero-order valence-electron chi connectivity index (χ0n) is 21.3. The predicted octanol–water partition coefficient (Wildman–Crippen LogP) is 4.67. The normalized spacial score (nSPS) is 21.8. The summed E-state index contributed by atoms with van der Waals surface area (Å²) in [4.78, 5) is 46.0. The number of anilines is 1. The molecular weight excluding hydrogens is 499 g/mol. The van der Waals surface area contributed by atoms with Gasteiger partial charge in [0.1, 0.15) is 11.4 Å². The lowest BCUT2D eigenvalue weighted by Crippen LogP contribution is -2.55. The van der Waals surface area contributed by atoms with Crippen LogP contribution in [0.25, 0.3) is 11.0 Å². The molecule has 3 aromatic carbocycles. The molecule has 39 heavy (non-hydrogen) atoms. The highest BCUT2D eigenvalue weighted by atomic mass is 19.1. The number of fused-ring (bicyclic) bond motifs is 5. The maximum absolute atomic E-state index is 14.8. The second-order valence-electron chi connectivity index (χ2n) is 10.4. The molecule has 2 amide bonds. The van der Waals surface area contributed by atoms with Crippen molar-refractivity contribution in [3.63, 3.8) is 0 Å². The molecule has 3 aliphatic heterocycles. The van der Waals surface area contributed by atoms with Crippen molar-refractivity contribution in [3.8, 4) is 0 Å². The third-order valence-corrected chi connectivity index (χ3v) is 8.09. The van der Waals surface area contributed by atoms with Crippen LogP contribution in [0.2, 0.25) is 0 Å². The van der Waals surface area contributed by atoms with Gasteiger partial charge >= 0.3 is 0 Å². The van der Waals surface area contributed by atoms with Crippen LogP contribution in [-0.2, 0) is 21.6 Å². The van der Waals surface area contributed by atoms with Crippen LogP contribution in [0.1, 0.15) is 45.7 Å². The summed E-state index contributed by atoms with van der Waals surface area (Å²) in [6.07, 6.45) is 1.29. The lowest BCUT2D eigenvalue weighted by molar-refractivity contribution is -0.126. The van der Waals surface area contributed by atoms with Gasteiger partial charge in [0.05, 0.1) is 29.3 Å². The zero-order chi connectivity index (χ0) is 26.9. The van der Waals surface area contributed by atoms with Crippen LogP contribution in [-0.4, -0.2) is 36.0 Å². The van der Waals surface area contributed by atoms with Gasteiger partial charge in [0.25, 0.3) is 11.8 Å². The Morgan fingerprint density at radius 1 is 1.03 bits per heavy atom. The van der Waals surface area contributed by atoms with Gasteiger partial charge < -0.3 is 19.0 Å². The minimum atomic E-state index is -1.75. The molecule has 4 heterocycles. The zero-order valence-corrected chi connectivity index (χ0v) is 21.3. The van der Waals surface area contributed by atoms with Gasteiger partial charge in [-0.1, -0.05) is 48.0 Å². The number of halogens is 1. The van der Waals surface area contributed by atoms with E-state index in [9.17, 15) is 18.8 Å². The van der Waals surface area contributed by atoms with E-state index in [0.29, 0.717) is 28.8 Å². The monoisotopic (exact) mass is 524 g/mol. The summed E-state index contributed by atoms with van der Waals surface area (Å²) in [5.74, 6) is -1.60. The van der Waals surface area contributed by atoms with Crippen molar-refractivity contribution in [3.05, 3.63) is 111 Å². The van der Waals surface area contributed by atoms with Gasteiger partial charge in [-0.15, -0.1) is 0 Å². The number of nitrogens with zero attached hydrogens (tertiary/aromatic N) is 2. The average molecular weight is 525 g/mol. The first kappa shape index (κ1) is 23.8.